The van der Waals surface area contributed by atoms with E-state index in [1.807, 2.05) is 62.4 Å². The number of nitrogens with zero attached hydrogens (tertiary/aromatic N) is 1. The molecule has 0 saturated heterocycles. The third-order valence-electron chi connectivity index (χ3n) is 3.54. The number of benzene rings is 2. The maximum absolute atomic E-state index is 11.6. The second-order valence-electron chi connectivity index (χ2n) is 4.83. The number of rotatable bonds is 5. The molecule has 0 unspecified atom stereocenters. The molecule has 0 fully saturated rings. The van der Waals surface area contributed by atoms with Crippen molar-refractivity contribution in [2.45, 2.75) is 26.7 Å². The van der Waals surface area contributed by atoms with Crippen LogP contribution in [0.15, 0.2) is 53.7 Å². The Morgan fingerprint density at radius 1 is 0.857 bits per heavy atom. The van der Waals surface area contributed by atoms with Crippen LogP contribution in [0.4, 0.5) is 0 Å². The standard InChI is InChI=1S/C18H19NO2/c1-3-17(19-21)15-9-5-13(6-10-15)14-7-11-16(12-8-14)18(20)4-2/h5-12,21H,3-4H2,1-2H3. The number of Topliss-reactive ketones (excluding diaryl/α,β-unsaturated/α-hetero) is 1. The Kier molecular flexibility index (Phi) is 4.88. The zero-order valence-electron chi connectivity index (χ0n) is 12.3. The molecule has 3 nitrogen and oxygen atoms in total. The lowest BCUT2D eigenvalue weighted by molar-refractivity contribution is 0.0988. The Labute approximate surface area is 124 Å². The zero-order valence-corrected chi connectivity index (χ0v) is 12.3. The van der Waals surface area contributed by atoms with E-state index in [9.17, 15) is 4.79 Å². The minimum absolute atomic E-state index is 0.156. The minimum Gasteiger partial charge on any atom is -0.411 e. The number of carbonyl (C=O) groups excluding carboxylic acids is 1. The highest BCUT2D eigenvalue weighted by molar-refractivity contribution is 6.00. The first-order chi connectivity index (χ1) is 10.2. The largest absolute Gasteiger partial charge is 0.411 e. The first kappa shape index (κ1) is 15.0. The first-order valence-electron chi connectivity index (χ1n) is 7.14. The van der Waals surface area contributed by atoms with E-state index in [1.54, 1.807) is 0 Å². The van der Waals surface area contributed by atoms with Gasteiger partial charge in [0.15, 0.2) is 5.78 Å². The molecule has 2 aromatic carbocycles. The lowest BCUT2D eigenvalue weighted by Crippen LogP contribution is -1.98. The van der Waals surface area contributed by atoms with Gasteiger partial charge >= 0.3 is 0 Å². The molecule has 0 aromatic heterocycles. The molecule has 0 bridgehead atoms. The highest BCUT2D eigenvalue weighted by atomic mass is 16.4. The van der Waals surface area contributed by atoms with Crippen LogP contribution in [0.2, 0.25) is 0 Å². The van der Waals surface area contributed by atoms with Crippen LogP contribution in [0.1, 0.15) is 42.6 Å². The second kappa shape index (κ2) is 6.84. The average molecular weight is 281 g/mol. The Balaban J connectivity index is 2.25. The Morgan fingerprint density at radius 2 is 1.33 bits per heavy atom. The van der Waals surface area contributed by atoms with Gasteiger partial charge in [-0.2, -0.15) is 0 Å². The fraction of sp³-hybridized carbons (Fsp3) is 0.222. The van der Waals surface area contributed by atoms with E-state index in [0.29, 0.717) is 18.6 Å². The van der Waals surface area contributed by atoms with Crippen LogP contribution >= 0.6 is 0 Å². The quantitative estimate of drug-likeness (QED) is 0.379. The lowest BCUT2D eigenvalue weighted by atomic mass is 9.99. The molecule has 2 rings (SSSR count). The number of oxime groups is 1. The predicted octanol–water partition coefficient (Wildman–Crippen LogP) is 4.53. The molecule has 0 atom stereocenters. The van der Waals surface area contributed by atoms with E-state index in [-0.39, 0.29) is 5.78 Å². The fourth-order valence-corrected chi connectivity index (χ4v) is 2.24. The van der Waals surface area contributed by atoms with Crippen molar-refractivity contribution >= 4 is 11.5 Å². The van der Waals surface area contributed by atoms with Crippen molar-refractivity contribution in [1.29, 1.82) is 0 Å². The van der Waals surface area contributed by atoms with Crippen LogP contribution in [0.25, 0.3) is 11.1 Å². The van der Waals surface area contributed by atoms with Gasteiger partial charge in [0.2, 0.25) is 0 Å². The van der Waals surface area contributed by atoms with Gasteiger partial charge in [-0.1, -0.05) is 67.5 Å². The predicted molar refractivity (Wildman–Crippen MR) is 85.1 cm³/mol. The van der Waals surface area contributed by atoms with E-state index < -0.39 is 0 Å². The summed E-state index contributed by atoms with van der Waals surface area (Å²) in [5.74, 6) is 0.156. The van der Waals surface area contributed by atoms with Crippen molar-refractivity contribution in [2.24, 2.45) is 5.16 Å². The van der Waals surface area contributed by atoms with Crippen molar-refractivity contribution in [3.05, 3.63) is 59.7 Å². The smallest absolute Gasteiger partial charge is 0.162 e. The van der Waals surface area contributed by atoms with Crippen molar-refractivity contribution in [3.63, 3.8) is 0 Å². The van der Waals surface area contributed by atoms with Crippen LogP contribution in [-0.4, -0.2) is 16.7 Å². The van der Waals surface area contributed by atoms with Crippen molar-refractivity contribution in [1.82, 2.24) is 0 Å². The number of hydrogen-bond acceptors (Lipinski definition) is 3. The topological polar surface area (TPSA) is 49.7 Å². The third-order valence-corrected chi connectivity index (χ3v) is 3.54. The lowest BCUT2D eigenvalue weighted by Gasteiger charge is -2.06. The van der Waals surface area contributed by atoms with Crippen molar-refractivity contribution < 1.29 is 10.0 Å². The van der Waals surface area contributed by atoms with Crippen LogP contribution in [0.5, 0.6) is 0 Å². The molecular weight excluding hydrogens is 262 g/mol. The molecular formula is C18H19NO2. The van der Waals surface area contributed by atoms with E-state index in [0.717, 1.165) is 22.3 Å². The average Bonchev–Trinajstić information content (AvgIpc) is 2.56. The highest BCUT2D eigenvalue weighted by Gasteiger charge is 2.05. The molecule has 3 heteroatoms. The monoisotopic (exact) mass is 281 g/mol. The van der Waals surface area contributed by atoms with Gasteiger partial charge in [0.25, 0.3) is 0 Å². The molecule has 0 spiro atoms. The van der Waals surface area contributed by atoms with Crippen LogP contribution in [0, 0.1) is 0 Å². The fourth-order valence-electron chi connectivity index (χ4n) is 2.24. The zero-order chi connectivity index (χ0) is 15.2. The number of hydrogen-bond donors (Lipinski definition) is 1. The summed E-state index contributed by atoms with van der Waals surface area (Å²) >= 11 is 0. The van der Waals surface area contributed by atoms with E-state index in [4.69, 9.17) is 5.21 Å². The second-order valence-corrected chi connectivity index (χ2v) is 4.83. The summed E-state index contributed by atoms with van der Waals surface area (Å²) in [7, 11) is 0. The molecule has 108 valence electrons. The minimum atomic E-state index is 0.156. The maximum atomic E-state index is 11.6. The summed E-state index contributed by atoms with van der Waals surface area (Å²) in [5, 5.41) is 12.2. The van der Waals surface area contributed by atoms with Crippen LogP contribution in [0.3, 0.4) is 0 Å². The Bertz CT molecular complexity index is 640. The van der Waals surface area contributed by atoms with Gasteiger partial charge in [-0.25, -0.2) is 0 Å². The Hall–Kier alpha value is -2.42. The van der Waals surface area contributed by atoms with E-state index in [1.165, 1.54) is 0 Å². The number of ketones is 1. The Morgan fingerprint density at radius 3 is 1.71 bits per heavy atom. The molecule has 0 aliphatic carbocycles. The molecule has 0 heterocycles. The summed E-state index contributed by atoms with van der Waals surface area (Å²) in [5.41, 5.74) is 4.47. The maximum Gasteiger partial charge on any atom is 0.162 e. The highest BCUT2D eigenvalue weighted by Crippen LogP contribution is 2.21. The molecule has 21 heavy (non-hydrogen) atoms. The SMILES string of the molecule is CCC(=O)c1ccc(-c2ccc(C(CC)=NO)cc2)cc1. The van der Waals surface area contributed by atoms with Gasteiger partial charge in [0.05, 0.1) is 5.71 Å². The van der Waals surface area contributed by atoms with Gasteiger partial charge in [0.1, 0.15) is 0 Å². The molecule has 0 radical (unpaired) electrons. The first-order valence-corrected chi connectivity index (χ1v) is 7.14. The van der Waals surface area contributed by atoms with Crippen molar-refractivity contribution in [3.8, 4) is 11.1 Å². The van der Waals surface area contributed by atoms with Gasteiger partial charge in [-0.15, -0.1) is 0 Å². The summed E-state index contributed by atoms with van der Waals surface area (Å²) in [4.78, 5) is 11.6. The van der Waals surface area contributed by atoms with E-state index >= 15 is 0 Å². The normalized spacial score (nSPS) is 11.4. The molecule has 0 aliphatic rings. The molecule has 0 amide bonds. The molecule has 0 aliphatic heterocycles. The van der Waals surface area contributed by atoms with Crippen molar-refractivity contribution in [2.75, 3.05) is 0 Å². The summed E-state index contributed by atoms with van der Waals surface area (Å²) in [6, 6.07) is 15.5. The number of carbonyl (C=O) groups is 1. The van der Waals surface area contributed by atoms with Gasteiger partial charge in [0, 0.05) is 12.0 Å². The summed E-state index contributed by atoms with van der Waals surface area (Å²) in [6.07, 6.45) is 1.21. The molecule has 0 saturated carbocycles. The summed E-state index contributed by atoms with van der Waals surface area (Å²) in [6.45, 7) is 3.81. The van der Waals surface area contributed by atoms with Gasteiger partial charge in [-0.05, 0) is 23.1 Å². The van der Waals surface area contributed by atoms with E-state index in [2.05, 4.69) is 5.16 Å². The third kappa shape index (κ3) is 3.37. The van der Waals surface area contributed by atoms with Gasteiger partial charge in [-0.3, -0.25) is 4.79 Å². The molecule has 2 aromatic rings. The summed E-state index contributed by atoms with van der Waals surface area (Å²) < 4.78 is 0. The van der Waals surface area contributed by atoms with Gasteiger partial charge < -0.3 is 5.21 Å². The molecule has 1 N–H and O–H groups in total. The van der Waals surface area contributed by atoms with Crippen LogP contribution < -0.4 is 0 Å². The van der Waals surface area contributed by atoms with Crippen LogP contribution in [-0.2, 0) is 0 Å².